The standard InChI is InChI=1S/C17H25N3O3/c1-10(2)8-19-16(21)9-20-14-7-13(11(3)18)5-6-15(14)23-12(4)17(20)22/h5-7,10-12H,8-9,18H2,1-4H3,(H,19,21). The summed E-state index contributed by atoms with van der Waals surface area (Å²) in [6.07, 6.45) is -0.610. The molecule has 0 fully saturated rings. The molecule has 3 N–H and O–H groups in total. The predicted octanol–water partition coefficient (Wildman–Crippen LogP) is 1.59. The van der Waals surface area contributed by atoms with E-state index in [9.17, 15) is 9.59 Å². The molecule has 0 aliphatic carbocycles. The van der Waals surface area contributed by atoms with Gasteiger partial charge in [0.05, 0.1) is 5.69 Å². The minimum atomic E-state index is -0.610. The van der Waals surface area contributed by atoms with Crippen molar-refractivity contribution in [3.63, 3.8) is 0 Å². The molecular weight excluding hydrogens is 294 g/mol. The molecule has 0 saturated carbocycles. The quantitative estimate of drug-likeness (QED) is 0.863. The molecule has 2 amide bonds. The van der Waals surface area contributed by atoms with Crippen LogP contribution < -0.4 is 20.7 Å². The normalized spacial score (nSPS) is 18.4. The summed E-state index contributed by atoms with van der Waals surface area (Å²) in [5.74, 6) is 0.547. The molecule has 0 spiro atoms. The number of nitrogens with one attached hydrogen (secondary N) is 1. The van der Waals surface area contributed by atoms with Crippen molar-refractivity contribution in [2.45, 2.75) is 39.8 Å². The summed E-state index contributed by atoms with van der Waals surface area (Å²) in [7, 11) is 0. The third kappa shape index (κ3) is 4.01. The molecular formula is C17H25N3O3. The number of hydrogen-bond acceptors (Lipinski definition) is 4. The van der Waals surface area contributed by atoms with Crippen LogP contribution in [-0.2, 0) is 9.59 Å². The lowest BCUT2D eigenvalue weighted by Gasteiger charge is -2.33. The Bertz CT molecular complexity index is 599. The van der Waals surface area contributed by atoms with Gasteiger partial charge in [-0.2, -0.15) is 0 Å². The zero-order valence-corrected chi connectivity index (χ0v) is 14.1. The second-order valence-electron chi connectivity index (χ2n) is 6.40. The summed E-state index contributed by atoms with van der Waals surface area (Å²) < 4.78 is 5.63. The molecule has 2 atom stereocenters. The van der Waals surface area contributed by atoms with E-state index in [0.29, 0.717) is 23.9 Å². The number of fused-ring (bicyclic) bond motifs is 1. The van der Waals surface area contributed by atoms with Crippen molar-refractivity contribution in [2.75, 3.05) is 18.0 Å². The number of benzene rings is 1. The lowest BCUT2D eigenvalue weighted by molar-refractivity contribution is -0.128. The molecule has 2 rings (SSSR count). The zero-order chi connectivity index (χ0) is 17.1. The number of hydrogen-bond donors (Lipinski definition) is 2. The van der Waals surface area contributed by atoms with Crippen molar-refractivity contribution in [2.24, 2.45) is 11.7 Å². The molecule has 0 aromatic heterocycles. The second-order valence-corrected chi connectivity index (χ2v) is 6.40. The van der Waals surface area contributed by atoms with Crippen LogP contribution in [0.5, 0.6) is 5.75 Å². The molecule has 1 aromatic carbocycles. The van der Waals surface area contributed by atoms with Gasteiger partial charge in [0.1, 0.15) is 12.3 Å². The van der Waals surface area contributed by atoms with Crippen molar-refractivity contribution in [3.8, 4) is 5.75 Å². The number of nitrogens with zero attached hydrogens (tertiary/aromatic N) is 1. The SMILES string of the molecule is CC(C)CNC(=O)CN1C(=O)C(C)Oc2ccc(C(C)N)cc21. The highest BCUT2D eigenvalue weighted by Crippen LogP contribution is 2.35. The van der Waals surface area contributed by atoms with Crippen molar-refractivity contribution in [1.82, 2.24) is 5.32 Å². The van der Waals surface area contributed by atoms with E-state index in [4.69, 9.17) is 10.5 Å². The van der Waals surface area contributed by atoms with Gasteiger partial charge in [-0.15, -0.1) is 0 Å². The van der Waals surface area contributed by atoms with Gasteiger partial charge in [0.25, 0.3) is 5.91 Å². The minimum absolute atomic E-state index is 0.0192. The number of nitrogens with two attached hydrogens (primary N) is 1. The van der Waals surface area contributed by atoms with E-state index in [2.05, 4.69) is 5.32 Å². The molecule has 126 valence electrons. The second kappa shape index (κ2) is 7.00. The smallest absolute Gasteiger partial charge is 0.268 e. The molecule has 1 aliphatic rings. The van der Waals surface area contributed by atoms with Crippen LogP contribution in [0.2, 0.25) is 0 Å². The van der Waals surface area contributed by atoms with Crippen LogP contribution in [0.1, 0.15) is 39.3 Å². The van der Waals surface area contributed by atoms with Crippen molar-refractivity contribution >= 4 is 17.5 Å². The lowest BCUT2D eigenvalue weighted by atomic mass is 10.1. The summed E-state index contributed by atoms with van der Waals surface area (Å²) in [4.78, 5) is 26.0. The van der Waals surface area contributed by atoms with Gasteiger partial charge in [0.2, 0.25) is 5.91 Å². The third-order valence-corrected chi connectivity index (χ3v) is 3.73. The monoisotopic (exact) mass is 319 g/mol. The first kappa shape index (κ1) is 17.3. The van der Waals surface area contributed by atoms with Crippen molar-refractivity contribution in [1.29, 1.82) is 0 Å². The van der Waals surface area contributed by atoms with Gasteiger partial charge < -0.3 is 15.8 Å². The first-order chi connectivity index (χ1) is 10.8. The highest BCUT2D eigenvalue weighted by atomic mass is 16.5. The Labute approximate surface area is 137 Å². The highest BCUT2D eigenvalue weighted by molar-refractivity contribution is 6.03. The van der Waals surface area contributed by atoms with Gasteiger partial charge in [-0.05, 0) is 37.5 Å². The average Bonchev–Trinajstić information content (AvgIpc) is 2.49. The Hall–Kier alpha value is -2.08. The Morgan fingerprint density at radius 3 is 2.70 bits per heavy atom. The molecule has 1 aromatic rings. The number of anilines is 1. The third-order valence-electron chi connectivity index (χ3n) is 3.73. The van der Waals surface area contributed by atoms with E-state index in [-0.39, 0.29) is 24.4 Å². The van der Waals surface area contributed by atoms with Crippen LogP contribution in [0.25, 0.3) is 0 Å². The Morgan fingerprint density at radius 2 is 2.09 bits per heavy atom. The predicted molar refractivity (Wildman–Crippen MR) is 89.3 cm³/mol. The molecule has 1 aliphatic heterocycles. The van der Waals surface area contributed by atoms with E-state index in [1.807, 2.05) is 32.9 Å². The summed E-state index contributed by atoms with van der Waals surface area (Å²) in [6.45, 7) is 8.16. The summed E-state index contributed by atoms with van der Waals surface area (Å²) in [6, 6.07) is 5.34. The van der Waals surface area contributed by atoms with Crippen LogP contribution in [0.4, 0.5) is 5.69 Å². The molecule has 23 heavy (non-hydrogen) atoms. The molecule has 6 nitrogen and oxygen atoms in total. The number of ether oxygens (including phenoxy) is 1. The molecule has 2 unspecified atom stereocenters. The molecule has 1 heterocycles. The van der Waals surface area contributed by atoms with Gasteiger partial charge in [0, 0.05) is 12.6 Å². The largest absolute Gasteiger partial charge is 0.479 e. The Morgan fingerprint density at radius 1 is 1.39 bits per heavy atom. The molecule has 6 heteroatoms. The van der Waals surface area contributed by atoms with E-state index in [1.54, 1.807) is 13.0 Å². The van der Waals surface area contributed by atoms with E-state index >= 15 is 0 Å². The van der Waals surface area contributed by atoms with Crippen LogP contribution in [0.3, 0.4) is 0 Å². The van der Waals surface area contributed by atoms with E-state index in [0.717, 1.165) is 5.56 Å². The summed E-state index contributed by atoms with van der Waals surface area (Å²) >= 11 is 0. The van der Waals surface area contributed by atoms with Crippen LogP contribution in [0.15, 0.2) is 18.2 Å². The maximum absolute atomic E-state index is 12.4. The van der Waals surface area contributed by atoms with Gasteiger partial charge in [-0.3, -0.25) is 14.5 Å². The van der Waals surface area contributed by atoms with E-state index < -0.39 is 6.10 Å². The Kier molecular flexibility index (Phi) is 5.26. The number of rotatable bonds is 5. The van der Waals surface area contributed by atoms with Crippen LogP contribution >= 0.6 is 0 Å². The van der Waals surface area contributed by atoms with Crippen LogP contribution in [-0.4, -0.2) is 31.0 Å². The van der Waals surface area contributed by atoms with Gasteiger partial charge in [-0.25, -0.2) is 0 Å². The highest BCUT2D eigenvalue weighted by Gasteiger charge is 2.33. The molecule has 0 radical (unpaired) electrons. The van der Waals surface area contributed by atoms with Crippen molar-refractivity contribution < 1.29 is 14.3 Å². The lowest BCUT2D eigenvalue weighted by Crippen LogP contribution is -2.49. The van der Waals surface area contributed by atoms with Gasteiger partial charge in [0.15, 0.2) is 6.10 Å². The van der Waals surface area contributed by atoms with Crippen LogP contribution in [0, 0.1) is 5.92 Å². The minimum Gasteiger partial charge on any atom is -0.479 e. The first-order valence-corrected chi connectivity index (χ1v) is 7.93. The summed E-state index contributed by atoms with van der Waals surface area (Å²) in [5, 5.41) is 2.83. The number of carbonyl (C=O) groups excluding carboxylic acids is 2. The number of amides is 2. The Balaban J connectivity index is 2.26. The number of carbonyl (C=O) groups is 2. The first-order valence-electron chi connectivity index (χ1n) is 7.93. The molecule has 0 saturated heterocycles. The zero-order valence-electron chi connectivity index (χ0n) is 14.1. The molecule has 0 bridgehead atoms. The fourth-order valence-corrected chi connectivity index (χ4v) is 2.39. The summed E-state index contributed by atoms with van der Waals surface area (Å²) in [5.41, 5.74) is 7.40. The van der Waals surface area contributed by atoms with E-state index in [1.165, 1.54) is 4.90 Å². The van der Waals surface area contributed by atoms with Crippen molar-refractivity contribution in [3.05, 3.63) is 23.8 Å². The fraction of sp³-hybridized carbons (Fsp3) is 0.529. The van der Waals surface area contributed by atoms with Gasteiger partial charge >= 0.3 is 0 Å². The fourth-order valence-electron chi connectivity index (χ4n) is 2.39. The topological polar surface area (TPSA) is 84.7 Å². The maximum Gasteiger partial charge on any atom is 0.268 e. The maximum atomic E-state index is 12.4. The van der Waals surface area contributed by atoms with Gasteiger partial charge in [-0.1, -0.05) is 19.9 Å². The average molecular weight is 319 g/mol.